The molecule has 0 bridgehead atoms. The first-order valence-corrected chi connectivity index (χ1v) is 6.55. The van der Waals surface area contributed by atoms with Gasteiger partial charge < -0.3 is 4.98 Å². The van der Waals surface area contributed by atoms with Crippen LogP contribution in [0.15, 0.2) is 29.1 Å². The SMILES string of the molecule is CCc1nc(-c2cccc(C)c2)[nH]c(=O)c1I. The Labute approximate surface area is 113 Å². The zero-order valence-electron chi connectivity index (χ0n) is 9.75. The van der Waals surface area contributed by atoms with Crippen LogP contribution in [0.5, 0.6) is 0 Å². The van der Waals surface area contributed by atoms with Crippen LogP contribution in [0.2, 0.25) is 0 Å². The zero-order valence-corrected chi connectivity index (χ0v) is 11.9. The minimum absolute atomic E-state index is 0.0612. The maximum atomic E-state index is 11.8. The number of aryl methyl sites for hydroxylation is 2. The Morgan fingerprint density at radius 1 is 1.41 bits per heavy atom. The van der Waals surface area contributed by atoms with Gasteiger partial charge in [-0.1, -0.05) is 30.7 Å². The Balaban J connectivity index is 2.61. The Hall–Kier alpha value is -1.17. The van der Waals surface area contributed by atoms with Crippen molar-refractivity contribution in [3.63, 3.8) is 0 Å². The molecule has 2 aromatic rings. The summed E-state index contributed by atoms with van der Waals surface area (Å²) in [5, 5.41) is 0. The van der Waals surface area contributed by atoms with Crippen LogP contribution in [0.25, 0.3) is 11.4 Å². The molecule has 1 heterocycles. The lowest BCUT2D eigenvalue weighted by Crippen LogP contribution is -2.15. The van der Waals surface area contributed by atoms with Gasteiger partial charge in [-0.05, 0) is 42.0 Å². The molecule has 0 fully saturated rings. The van der Waals surface area contributed by atoms with Gasteiger partial charge in [0.25, 0.3) is 5.56 Å². The molecule has 17 heavy (non-hydrogen) atoms. The van der Waals surface area contributed by atoms with Gasteiger partial charge in [-0.2, -0.15) is 0 Å². The predicted octanol–water partition coefficient (Wildman–Crippen LogP) is 2.91. The zero-order chi connectivity index (χ0) is 12.4. The molecule has 0 amide bonds. The lowest BCUT2D eigenvalue weighted by molar-refractivity contribution is 0.968. The average molecular weight is 340 g/mol. The monoisotopic (exact) mass is 340 g/mol. The minimum atomic E-state index is -0.0612. The van der Waals surface area contributed by atoms with E-state index < -0.39 is 0 Å². The number of benzene rings is 1. The second-order valence-electron chi connectivity index (χ2n) is 3.90. The van der Waals surface area contributed by atoms with Crippen LogP contribution in [-0.2, 0) is 6.42 Å². The van der Waals surface area contributed by atoms with Crippen LogP contribution >= 0.6 is 22.6 Å². The fourth-order valence-corrected chi connectivity index (χ4v) is 2.31. The Bertz CT molecular complexity index is 605. The highest BCUT2D eigenvalue weighted by atomic mass is 127. The number of halogens is 1. The van der Waals surface area contributed by atoms with Gasteiger partial charge in [-0.15, -0.1) is 0 Å². The third-order valence-electron chi connectivity index (χ3n) is 2.56. The molecule has 0 atom stereocenters. The molecule has 1 aromatic heterocycles. The van der Waals surface area contributed by atoms with E-state index >= 15 is 0 Å². The highest BCUT2D eigenvalue weighted by Gasteiger charge is 2.08. The second-order valence-corrected chi connectivity index (χ2v) is 4.98. The Morgan fingerprint density at radius 3 is 2.82 bits per heavy atom. The summed E-state index contributed by atoms with van der Waals surface area (Å²) >= 11 is 2.04. The largest absolute Gasteiger partial charge is 0.306 e. The fraction of sp³-hybridized carbons (Fsp3) is 0.231. The van der Waals surface area contributed by atoms with Crippen molar-refractivity contribution >= 4 is 22.6 Å². The van der Waals surface area contributed by atoms with Crippen molar-refractivity contribution in [1.29, 1.82) is 0 Å². The minimum Gasteiger partial charge on any atom is -0.306 e. The van der Waals surface area contributed by atoms with E-state index in [4.69, 9.17) is 0 Å². The first-order chi connectivity index (χ1) is 8.11. The summed E-state index contributed by atoms with van der Waals surface area (Å²) in [4.78, 5) is 19.1. The number of aromatic nitrogens is 2. The van der Waals surface area contributed by atoms with E-state index in [9.17, 15) is 4.79 Å². The molecule has 88 valence electrons. The van der Waals surface area contributed by atoms with Gasteiger partial charge in [0, 0.05) is 5.56 Å². The standard InChI is InChI=1S/C13H13IN2O/c1-3-10-11(14)13(17)16-12(15-10)9-6-4-5-8(2)7-9/h4-7H,3H2,1-2H3,(H,15,16,17). The summed E-state index contributed by atoms with van der Waals surface area (Å²) in [5.74, 6) is 0.649. The van der Waals surface area contributed by atoms with Crippen LogP contribution in [0.3, 0.4) is 0 Å². The molecule has 1 N–H and O–H groups in total. The first-order valence-electron chi connectivity index (χ1n) is 5.47. The van der Waals surface area contributed by atoms with E-state index in [1.54, 1.807) is 0 Å². The van der Waals surface area contributed by atoms with Crippen LogP contribution in [0.1, 0.15) is 18.2 Å². The third-order valence-corrected chi connectivity index (χ3v) is 3.67. The fourth-order valence-electron chi connectivity index (χ4n) is 1.67. The molecule has 0 aliphatic rings. The molecule has 0 spiro atoms. The van der Waals surface area contributed by atoms with Crippen molar-refractivity contribution in [1.82, 2.24) is 9.97 Å². The summed E-state index contributed by atoms with van der Waals surface area (Å²) in [6.07, 6.45) is 0.765. The van der Waals surface area contributed by atoms with Crippen LogP contribution in [-0.4, -0.2) is 9.97 Å². The second kappa shape index (κ2) is 5.00. The lowest BCUT2D eigenvalue weighted by atomic mass is 10.1. The molecule has 0 aliphatic carbocycles. The number of hydrogen-bond acceptors (Lipinski definition) is 2. The Morgan fingerprint density at radius 2 is 2.18 bits per heavy atom. The highest BCUT2D eigenvalue weighted by Crippen LogP contribution is 2.16. The van der Waals surface area contributed by atoms with Crippen LogP contribution < -0.4 is 5.56 Å². The first kappa shape index (κ1) is 12.3. The third kappa shape index (κ3) is 2.57. The number of nitrogens with zero attached hydrogens (tertiary/aromatic N) is 1. The van der Waals surface area contributed by atoms with Gasteiger partial charge in [-0.3, -0.25) is 4.79 Å². The normalized spacial score (nSPS) is 10.5. The average Bonchev–Trinajstić information content (AvgIpc) is 2.32. The van der Waals surface area contributed by atoms with E-state index in [0.717, 1.165) is 23.2 Å². The molecule has 0 saturated carbocycles. The number of aromatic amines is 1. The molecule has 0 aliphatic heterocycles. The van der Waals surface area contributed by atoms with E-state index in [-0.39, 0.29) is 5.56 Å². The highest BCUT2D eigenvalue weighted by molar-refractivity contribution is 14.1. The van der Waals surface area contributed by atoms with Gasteiger partial charge in [0.1, 0.15) is 5.82 Å². The molecule has 3 nitrogen and oxygen atoms in total. The van der Waals surface area contributed by atoms with Gasteiger partial charge in [-0.25, -0.2) is 4.98 Å². The molecule has 0 radical (unpaired) electrons. The number of H-pyrrole nitrogens is 1. The van der Waals surface area contributed by atoms with Crippen LogP contribution in [0.4, 0.5) is 0 Å². The van der Waals surface area contributed by atoms with Gasteiger partial charge in [0.05, 0.1) is 9.26 Å². The molecule has 1 aromatic carbocycles. The van der Waals surface area contributed by atoms with E-state index in [2.05, 4.69) is 9.97 Å². The molecular weight excluding hydrogens is 327 g/mol. The summed E-state index contributed by atoms with van der Waals surface area (Å²) in [6, 6.07) is 7.96. The van der Waals surface area contributed by atoms with Crippen molar-refractivity contribution in [2.75, 3.05) is 0 Å². The van der Waals surface area contributed by atoms with Gasteiger partial charge in [0.2, 0.25) is 0 Å². The Kier molecular flexibility index (Phi) is 3.61. The lowest BCUT2D eigenvalue weighted by Gasteiger charge is -2.05. The summed E-state index contributed by atoms with van der Waals surface area (Å²) in [5.41, 5.74) is 2.90. The predicted molar refractivity (Wildman–Crippen MR) is 77.1 cm³/mol. The van der Waals surface area contributed by atoms with Crippen LogP contribution in [0, 0.1) is 10.5 Å². The van der Waals surface area contributed by atoms with Crippen molar-refractivity contribution in [2.45, 2.75) is 20.3 Å². The molecule has 0 unspecified atom stereocenters. The van der Waals surface area contributed by atoms with Gasteiger partial charge >= 0.3 is 0 Å². The smallest absolute Gasteiger partial charge is 0.264 e. The van der Waals surface area contributed by atoms with Crippen molar-refractivity contribution in [3.8, 4) is 11.4 Å². The molecule has 4 heteroatoms. The molecule has 0 saturated heterocycles. The molecule has 2 rings (SSSR count). The van der Waals surface area contributed by atoms with Crippen molar-refractivity contribution in [3.05, 3.63) is 49.4 Å². The topological polar surface area (TPSA) is 45.8 Å². The summed E-state index contributed by atoms with van der Waals surface area (Å²) in [6.45, 7) is 4.03. The summed E-state index contributed by atoms with van der Waals surface area (Å²) in [7, 11) is 0. The quantitative estimate of drug-likeness (QED) is 0.855. The van der Waals surface area contributed by atoms with E-state index in [1.165, 1.54) is 0 Å². The summed E-state index contributed by atoms with van der Waals surface area (Å²) < 4.78 is 0.682. The van der Waals surface area contributed by atoms with E-state index in [1.807, 2.05) is 60.7 Å². The molecular formula is C13H13IN2O. The van der Waals surface area contributed by atoms with Crippen molar-refractivity contribution < 1.29 is 0 Å². The number of hydrogen-bond donors (Lipinski definition) is 1. The number of rotatable bonds is 2. The maximum absolute atomic E-state index is 11.8. The van der Waals surface area contributed by atoms with Crippen molar-refractivity contribution in [2.24, 2.45) is 0 Å². The number of nitrogens with one attached hydrogen (secondary N) is 1. The van der Waals surface area contributed by atoms with E-state index in [0.29, 0.717) is 9.39 Å². The maximum Gasteiger partial charge on any atom is 0.264 e. The van der Waals surface area contributed by atoms with Gasteiger partial charge in [0.15, 0.2) is 0 Å².